The van der Waals surface area contributed by atoms with Crippen LogP contribution in [0.2, 0.25) is 0 Å². The molecule has 5 rings (SSSR count). The molecule has 0 aliphatic heterocycles. The number of aliphatic carboxylic acids is 1. The number of nitrogens with one attached hydrogen (secondary N) is 2. The Morgan fingerprint density at radius 2 is 1.71 bits per heavy atom. The van der Waals surface area contributed by atoms with Gasteiger partial charge in [-0.05, 0) is 35.1 Å². The molecule has 0 atom stereocenters. The van der Waals surface area contributed by atoms with Crippen LogP contribution in [-0.4, -0.2) is 45.0 Å². The maximum absolute atomic E-state index is 12.4. The highest BCUT2D eigenvalue weighted by Crippen LogP contribution is 2.44. The zero-order valence-electron chi connectivity index (χ0n) is 18.4. The molecule has 3 aromatic rings. The Morgan fingerprint density at radius 1 is 1.06 bits per heavy atom. The summed E-state index contributed by atoms with van der Waals surface area (Å²) in [6, 6.07) is 16.2. The molecular weight excluding hydrogens is 436 g/mol. The van der Waals surface area contributed by atoms with Gasteiger partial charge in [0.2, 0.25) is 5.91 Å². The number of carboxylic acids is 1. The summed E-state index contributed by atoms with van der Waals surface area (Å²) in [5.41, 5.74) is 4.33. The molecule has 34 heavy (non-hydrogen) atoms. The number of hydrogen-bond acceptors (Lipinski definition) is 5. The number of carbonyl (C=O) groups excluding carboxylic acids is 2. The molecule has 0 unspecified atom stereocenters. The minimum absolute atomic E-state index is 0.0369. The van der Waals surface area contributed by atoms with Crippen LogP contribution < -0.4 is 10.6 Å². The van der Waals surface area contributed by atoms with Crippen LogP contribution in [0.25, 0.3) is 11.1 Å². The van der Waals surface area contributed by atoms with Crippen molar-refractivity contribution in [2.45, 2.75) is 37.3 Å². The fraction of sp³-hybridized carbons (Fsp3) is 0.280. The Bertz CT molecular complexity index is 1220. The summed E-state index contributed by atoms with van der Waals surface area (Å²) in [6.45, 7) is 0.121. The lowest BCUT2D eigenvalue weighted by molar-refractivity contribution is -0.138. The van der Waals surface area contributed by atoms with Gasteiger partial charge in [-0.3, -0.25) is 19.6 Å². The van der Waals surface area contributed by atoms with E-state index in [0.717, 1.165) is 22.3 Å². The SMILES string of the molecule is O=C(O)CC1(NC(=O)Cn2cc(NC(=O)OCC3c4ccccc4-c4ccccc43)cn2)CC1. The van der Waals surface area contributed by atoms with Crippen molar-refractivity contribution in [3.8, 4) is 11.1 Å². The molecule has 1 aromatic heterocycles. The fourth-order valence-corrected chi connectivity index (χ4v) is 4.54. The first-order chi connectivity index (χ1) is 16.4. The lowest BCUT2D eigenvalue weighted by Crippen LogP contribution is -2.40. The predicted octanol–water partition coefficient (Wildman–Crippen LogP) is 3.37. The van der Waals surface area contributed by atoms with Gasteiger partial charge < -0.3 is 15.2 Å². The first-order valence-corrected chi connectivity index (χ1v) is 11.1. The third kappa shape index (κ3) is 4.50. The number of nitrogens with zero attached hydrogens (tertiary/aromatic N) is 2. The van der Waals surface area contributed by atoms with Crippen LogP contribution in [0.15, 0.2) is 60.9 Å². The average molecular weight is 460 g/mol. The molecular formula is C25H24N4O5. The Hall–Kier alpha value is -4.14. The van der Waals surface area contributed by atoms with Gasteiger partial charge >= 0.3 is 12.1 Å². The lowest BCUT2D eigenvalue weighted by Gasteiger charge is -2.15. The maximum Gasteiger partial charge on any atom is 0.411 e. The summed E-state index contributed by atoms with van der Waals surface area (Å²) in [6.07, 6.45) is 3.56. The van der Waals surface area contributed by atoms with E-state index in [1.165, 1.54) is 17.1 Å². The molecule has 2 aliphatic rings. The molecule has 2 amide bonds. The van der Waals surface area contributed by atoms with Crippen molar-refractivity contribution >= 4 is 23.7 Å². The van der Waals surface area contributed by atoms with Crippen LogP contribution >= 0.6 is 0 Å². The fourth-order valence-electron chi connectivity index (χ4n) is 4.54. The number of rotatable bonds is 8. The van der Waals surface area contributed by atoms with Gasteiger partial charge in [-0.15, -0.1) is 0 Å². The maximum atomic E-state index is 12.4. The molecule has 0 radical (unpaired) electrons. The van der Waals surface area contributed by atoms with Gasteiger partial charge in [0.05, 0.1) is 23.8 Å². The van der Waals surface area contributed by atoms with E-state index in [2.05, 4.69) is 40.0 Å². The molecule has 9 heteroatoms. The van der Waals surface area contributed by atoms with Crippen molar-refractivity contribution in [2.75, 3.05) is 11.9 Å². The highest BCUT2D eigenvalue weighted by atomic mass is 16.5. The Morgan fingerprint density at radius 3 is 2.32 bits per heavy atom. The third-order valence-corrected chi connectivity index (χ3v) is 6.28. The van der Waals surface area contributed by atoms with E-state index in [9.17, 15) is 14.4 Å². The van der Waals surface area contributed by atoms with E-state index in [0.29, 0.717) is 18.5 Å². The van der Waals surface area contributed by atoms with Crippen LogP contribution in [0.4, 0.5) is 10.5 Å². The van der Waals surface area contributed by atoms with Crippen LogP contribution in [0.1, 0.15) is 36.3 Å². The normalized spacial score (nSPS) is 15.2. The second-order valence-electron chi connectivity index (χ2n) is 8.78. The number of benzene rings is 2. The van der Waals surface area contributed by atoms with E-state index >= 15 is 0 Å². The van der Waals surface area contributed by atoms with Crippen LogP contribution in [0, 0.1) is 0 Å². The highest BCUT2D eigenvalue weighted by molar-refractivity contribution is 5.85. The molecule has 174 valence electrons. The van der Waals surface area contributed by atoms with Crippen LogP contribution in [0.5, 0.6) is 0 Å². The van der Waals surface area contributed by atoms with E-state index in [1.807, 2.05) is 24.3 Å². The number of carboxylic acid groups (broad SMARTS) is 1. The topological polar surface area (TPSA) is 123 Å². The molecule has 1 fully saturated rings. The lowest BCUT2D eigenvalue weighted by atomic mass is 9.98. The molecule has 9 nitrogen and oxygen atoms in total. The Labute approximate surface area is 195 Å². The average Bonchev–Trinajstić information content (AvgIpc) is 3.26. The van der Waals surface area contributed by atoms with Gasteiger partial charge in [-0.25, -0.2) is 4.79 Å². The van der Waals surface area contributed by atoms with E-state index in [4.69, 9.17) is 9.84 Å². The molecule has 0 spiro atoms. The van der Waals surface area contributed by atoms with Crippen molar-refractivity contribution in [1.82, 2.24) is 15.1 Å². The van der Waals surface area contributed by atoms with Gasteiger partial charge in [0.1, 0.15) is 13.2 Å². The summed E-state index contributed by atoms with van der Waals surface area (Å²) in [5.74, 6) is -1.30. The number of fused-ring (bicyclic) bond motifs is 3. The molecule has 1 heterocycles. The van der Waals surface area contributed by atoms with Gasteiger partial charge in [0.25, 0.3) is 0 Å². The molecule has 2 aliphatic carbocycles. The minimum Gasteiger partial charge on any atom is -0.481 e. The summed E-state index contributed by atoms with van der Waals surface area (Å²) in [5, 5.41) is 18.5. The molecule has 1 saturated carbocycles. The number of ether oxygens (including phenoxy) is 1. The summed E-state index contributed by atoms with van der Waals surface area (Å²) in [7, 11) is 0. The number of amides is 2. The van der Waals surface area contributed by atoms with Gasteiger partial charge in [-0.1, -0.05) is 48.5 Å². The van der Waals surface area contributed by atoms with Crippen molar-refractivity contribution in [2.24, 2.45) is 0 Å². The van der Waals surface area contributed by atoms with Crippen LogP contribution in [-0.2, 0) is 20.9 Å². The molecule has 2 aromatic carbocycles. The van der Waals surface area contributed by atoms with E-state index in [-0.39, 0.29) is 31.4 Å². The van der Waals surface area contributed by atoms with Crippen molar-refractivity contribution in [1.29, 1.82) is 0 Å². The molecule has 0 saturated heterocycles. The van der Waals surface area contributed by atoms with Crippen molar-refractivity contribution in [3.05, 3.63) is 72.1 Å². The van der Waals surface area contributed by atoms with Gasteiger partial charge in [0.15, 0.2) is 0 Å². The van der Waals surface area contributed by atoms with E-state index in [1.54, 1.807) is 0 Å². The van der Waals surface area contributed by atoms with Crippen LogP contribution in [0.3, 0.4) is 0 Å². The first kappa shape index (κ1) is 21.7. The van der Waals surface area contributed by atoms with Crippen molar-refractivity contribution in [3.63, 3.8) is 0 Å². The van der Waals surface area contributed by atoms with Gasteiger partial charge in [0, 0.05) is 12.1 Å². The highest BCUT2D eigenvalue weighted by Gasteiger charge is 2.45. The standard InChI is InChI=1S/C25H24N4O5/c30-22(28-25(9-10-25)11-23(31)32)14-29-13-16(12-26-29)27-24(33)34-15-21-19-7-3-1-5-17(19)18-6-2-4-8-20(18)21/h1-8,12-13,21H,9-11,14-15H2,(H,27,33)(H,28,30)(H,31,32). The quantitative estimate of drug-likeness (QED) is 0.474. The van der Waals surface area contributed by atoms with Crippen molar-refractivity contribution < 1.29 is 24.2 Å². The molecule has 3 N–H and O–H groups in total. The minimum atomic E-state index is -0.938. The zero-order chi connectivity index (χ0) is 23.7. The van der Waals surface area contributed by atoms with Gasteiger partial charge in [-0.2, -0.15) is 5.10 Å². The summed E-state index contributed by atoms with van der Waals surface area (Å²) in [4.78, 5) is 35.6. The number of anilines is 1. The largest absolute Gasteiger partial charge is 0.481 e. The molecule has 0 bridgehead atoms. The Kier molecular flexibility index (Phi) is 5.53. The number of aromatic nitrogens is 2. The predicted molar refractivity (Wildman–Crippen MR) is 123 cm³/mol. The number of carbonyl (C=O) groups is 3. The zero-order valence-corrected chi connectivity index (χ0v) is 18.4. The second-order valence-corrected chi connectivity index (χ2v) is 8.78. The summed E-state index contributed by atoms with van der Waals surface area (Å²) >= 11 is 0. The summed E-state index contributed by atoms with van der Waals surface area (Å²) < 4.78 is 6.90. The second kappa shape index (κ2) is 8.66. The smallest absolute Gasteiger partial charge is 0.411 e. The number of hydrogen-bond donors (Lipinski definition) is 3. The third-order valence-electron chi connectivity index (χ3n) is 6.28. The first-order valence-electron chi connectivity index (χ1n) is 11.1. The Balaban J connectivity index is 1.15. The monoisotopic (exact) mass is 460 g/mol. The van der Waals surface area contributed by atoms with E-state index < -0.39 is 17.6 Å².